The average Bonchev–Trinajstić information content (AvgIpc) is 2.37. The first-order chi connectivity index (χ1) is 9.73. The van der Waals surface area contributed by atoms with Crippen molar-refractivity contribution in [1.82, 2.24) is 10.6 Å². The predicted octanol–water partition coefficient (Wildman–Crippen LogP) is 2.41. The van der Waals surface area contributed by atoms with Gasteiger partial charge in [-0.15, -0.1) is 0 Å². The molecule has 0 spiro atoms. The van der Waals surface area contributed by atoms with E-state index in [1.54, 1.807) is 6.92 Å². The lowest BCUT2D eigenvalue weighted by atomic mass is 10.0. The third-order valence-electron chi connectivity index (χ3n) is 3.64. The van der Waals surface area contributed by atoms with Crippen LogP contribution in [-0.2, 0) is 9.59 Å². The summed E-state index contributed by atoms with van der Waals surface area (Å²) in [5.74, 6) is -0.424. The Balaban J connectivity index is 3.84. The summed E-state index contributed by atoms with van der Waals surface area (Å²) in [4.78, 5) is 22.6. The predicted molar refractivity (Wildman–Crippen MR) is 85.2 cm³/mol. The molecule has 0 aliphatic rings. The maximum Gasteiger partial charge on any atom is 0.306 e. The van der Waals surface area contributed by atoms with E-state index in [1.807, 2.05) is 13.8 Å². The van der Waals surface area contributed by atoms with Crippen LogP contribution < -0.4 is 10.6 Å². The molecule has 0 aliphatic carbocycles. The first-order valence-electron chi connectivity index (χ1n) is 8.00. The van der Waals surface area contributed by atoms with Gasteiger partial charge in [0.1, 0.15) is 0 Å². The van der Waals surface area contributed by atoms with Gasteiger partial charge in [-0.3, -0.25) is 9.59 Å². The molecular formula is C16H32N2O3. The molecule has 3 atom stereocenters. The molecule has 0 aromatic rings. The molecule has 0 heterocycles. The third-order valence-corrected chi connectivity index (χ3v) is 3.64. The standard InChI is InChI=1S/C16H32N2O3/c1-11(2)9-10-17-15(19)14(5)18-13(4)8-6-7-12(3)16(20)21/h11-14,18H,6-10H2,1-5H3,(H,17,19)(H,20,21). The van der Waals surface area contributed by atoms with Crippen LogP contribution in [0.25, 0.3) is 0 Å². The van der Waals surface area contributed by atoms with E-state index in [9.17, 15) is 9.59 Å². The van der Waals surface area contributed by atoms with E-state index < -0.39 is 5.97 Å². The number of aliphatic carboxylic acids is 1. The molecule has 0 saturated heterocycles. The van der Waals surface area contributed by atoms with Gasteiger partial charge in [0.25, 0.3) is 0 Å². The molecule has 21 heavy (non-hydrogen) atoms. The van der Waals surface area contributed by atoms with Crippen molar-refractivity contribution in [1.29, 1.82) is 0 Å². The first kappa shape index (κ1) is 19.9. The van der Waals surface area contributed by atoms with Gasteiger partial charge < -0.3 is 15.7 Å². The fourth-order valence-electron chi connectivity index (χ4n) is 2.08. The van der Waals surface area contributed by atoms with Crippen molar-refractivity contribution in [3.8, 4) is 0 Å². The van der Waals surface area contributed by atoms with Gasteiger partial charge in [0.15, 0.2) is 0 Å². The molecule has 3 N–H and O–H groups in total. The monoisotopic (exact) mass is 300 g/mol. The minimum Gasteiger partial charge on any atom is -0.481 e. The molecule has 0 saturated carbocycles. The molecule has 0 aromatic carbocycles. The Kier molecular flexibility index (Phi) is 10.0. The Hall–Kier alpha value is -1.10. The molecule has 0 aromatic heterocycles. The maximum absolute atomic E-state index is 11.9. The fraction of sp³-hybridized carbons (Fsp3) is 0.875. The van der Waals surface area contributed by atoms with Gasteiger partial charge >= 0.3 is 5.97 Å². The highest BCUT2D eigenvalue weighted by Crippen LogP contribution is 2.10. The molecule has 5 nitrogen and oxygen atoms in total. The summed E-state index contributed by atoms with van der Waals surface area (Å²) in [6, 6.07) is -0.0131. The second kappa shape index (κ2) is 10.6. The third kappa shape index (κ3) is 10.3. The van der Waals surface area contributed by atoms with Crippen LogP contribution in [0.5, 0.6) is 0 Å². The van der Waals surface area contributed by atoms with Crippen molar-refractivity contribution >= 4 is 11.9 Å². The molecule has 3 unspecified atom stereocenters. The van der Waals surface area contributed by atoms with Crippen molar-refractivity contribution < 1.29 is 14.7 Å². The maximum atomic E-state index is 11.9. The van der Waals surface area contributed by atoms with E-state index in [4.69, 9.17) is 5.11 Å². The lowest BCUT2D eigenvalue weighted by molar-refractivity contribution is -0.141. The van der Waals surface area contributed by atoms with Gasteiger partial charge in [0.05, 0.1) is 12.0 Å². The molecule has 0 fully saturated rings. The van der Waals surface area contributed by atoms with Crippen LogP contribution in [0.1, 0.15) is 60.3 Å². The Morgan fingerprint density at radius 1 is 1.00 bits per heavy atom. The van der Waals surface area contributed by atoms with Crippen LogP contribution in [0.4, 0.5) is 0 Å². The summed E-state index contributed by atoms with van der Waals surface area (Å²) in [6.45, 7) is 10.6. The van der Waals surface area contributed by atoms with Gasteiger partial charge in [-0.1, -0.05) is 27.2 Å². The largest absolute Gasteiger partial charge is 0.481 e. The number of carboxylic acid groups (broad SMARTS) is 1. The van der Waals surface area contributed by atoms with Crippen LogP contribution in [-0.4, -0.2) is 35.6 Å². The zero-order chi connectivity index (χ0) is 16.4. The average molecular weight is 300 g/mol. The van der Waals surface area contributed by atoms with Crippen LogP contribution >= 0.6 is 0 Å². The van der Waals surface area contributed by atoms with Crippen molar-refractivity contribution in [2.45, 2.75) is 72.4 Å². The van der Waals surface area contributed by atoms with E-state index in [0.717, 1.165) is 19.3 Å². The summed E-state index contributed by atoms with van der Waals surface area (Å²) in [5.41, 5.74) is 0. The van der Waals surface area contributed by atoms with E-state index in [1.165, 1.54) is 0 Å². The highest BCUT2D eigenvalue weighted by atomic mass is 16.4. The molecule has 1 amide bonds. The number of carbonyl (C=O) groups excluding carboxylic acids is 1. The Bertz CT molecular complexity index is 319. The number of rotatable bonds is 11. The topological polar surface area (TPSA) is 78.4 Å². The van der Waals surface area contributed by atoms with Crippen molar-refractivity contribution in [2.24, 2.45) is 11.8 Å². The summed E-state index contributed by atoms with van der Waals surface area (Å²) in [6.07, 6.45) is 3.39. The lowest BCUT2D eigenvalue weighted by Gasteiger charge is -2.20. The van der Waals surface area contributed by atoms with E-state index in [2.05, 4.69) is 24.5 Å². The smallest absolute Gasteiger partial charge is 0.306 e. The highest BCUT2D eigenvalue weighted by Gasteiger charge is 2.16. The number of nitrogens with one attached hydrogen (secondary N) is 2. The fourth-order valence-corrected chi connectivity index (χ4v) is 2.08. The number of carbonyl (C=O) groups is 2. The molecule has 0 bridgehead atoms. The van der Waals surface area contributed by atoms with Crippen molar-refractivity contribution in [3.63, 3.8) is 0 Å². The number of amides is 1. The van der Waals surface area contributed by atoms with E-state index in [-0.39, 0.29) is 23.9 Å². The molecule has 0 radical (unpaired) electrons. The Labute approximate surface area is 128 Å². The molecule has 124 valence electrons. The Morgan fingerprint density at radius 3 is 2.14 bits per heavy atom. The zero-order valence-electron chi connectivity index (χ0n) is 14.1. The number of hydrogen-bond acceptors (Lipinski definition) is 3. The summed E-state index contributed by atoms with van der Waals surface area (Å²) < 4.78 is 0. The van der Waals surface area contributed by atoms with E-state index >= 15 is 0 Å². The zero-order valence-corrected chi connectivity index (χ0v) is 14.1. The lowest BCUT2D eigenvalue weighted by Crippen LogP contribution is -2.46. The number of carboxylic acids is 1. The summed E-state index contributed by atoms with van der Waals surface area (Å²) in [7, 11) is 0. The van der Waals surface area contributed by atoms with Crippen LogP contribution in [0.3, 0.4) is 0 Å². The quantitative estimate of drug-likeness (QED) is 0.547. The van der Waals surface area contributed by atoms with Gasteiger partial charge in [-0.05, 0) is 39.0 Å². The first-order valence-corrected chi connectivity index (χ1v) is 8.00. The van der Waals surface area contributed by atoms with Gasteiger partial charge in [0.2, 0.25) is 5.91 Å². The Morgan fingerprint density at radius 2 is 1.62 bits per heavy atom. The van der Waals surface area contributed by atoms with Crippen LogP contribution in [0, 0.1) is 11.8 Å². The van der Waals surface area contributed by atoms with Crippen molar-refractivity contribution in [3.05, 3.63) is 0 Å². The summed E-state index contributed by atoms with van der Waals surface area (Å²) >= 11 is 0. The number of hydrogen-bond donors (Lipinski definition) is 3. The van der Waals surface area contributed by atoms with Gasteiger partial charge in [-0.2, -0.15) is 0 Å². The molecular weight excluding hydrogens is 268 g/mol. The van der Waals surface area contributed by atoms with Crippen LogP contribution in [0.15, 0.2) is 0 Å². The summed E-state index contributed by atoms with van der Waals surface area (Å²) in [5, 5.41) is 15.0. The van der Waals surface area contributed by atoms with Gasteiger partial charge in [0, 0.05) is 12.6 Å². The molecule has 0 rings (SSSR count). The minimum atomic E-state index is -0.742. The minimum absolute atomic E-state index is 0.0291. The van der Waals surface area contributed by atoms with Crippen LogP contribution in [0.2, 0.25) is 0 Å². The second-order valence-electron chi connectivity index (χ2n) is 6.43. The molecule has 5 heteroatoms. The van der Waals surface area contributed by atoms with E-state index in [0.29, 0.717) is 18.9 Å². The van der Waals surface area contributed by atoms with Crippen molar-refractivity contribution in [2.75, 3.05) is 6.54 Å². The highest BCUT2D eigenvalue weighted by molar-refractivity contribution is 5.81. The van der Waals surface area contributed by atoms with Gasteiger partial charge in [-0.25, -0.2) is 0 Å². The molecule has 0 aliphatic heterocycles. The SMILES string of the molecule is CC(C)CCNC(=O)C(C)NC(C)CCCC(C)C(=O)O. The normalized spacial score (nSPS) is 15.5. The second-order valence-corrected chi connectivity index (χ2v) is 6.43.